The number of fused-ring (bicyclic) bond motifs is 3. The van der Waals surface area contributed by atoms with Crippen molar-refractivity contribution >= 4 is 0 Å². The zero-order valence-electron chi connectivity index (χ0n) is 17.9. The molecule has 160 valence electrons. The van der Waals surface area contributed by atoms with Crippen molar-refractivity contribution < 1.29 is 13.9 Å². The molecule has 0 amide bonds. The molecule has 5 rings (SSSR count). The third-order valence-corrected chi connectivity index (χ3v) is 6.69. The number of benzene rings is 2. The fourth-order valence-electron chi connectivity index (χ4n) is 4.99. The van der Waals surface area contributed by atoms with Gasteiger partial charge in [-0.3, -0.25) is 4.98 Å². The molecule has 0 saturated carbocycles. The van der Waals surface area contributed by atoms with Crippen LogP contribution in [-0.4, -0.2) is 15.1 Å². The lowest BCUT2D eigenvalue weighted by molar-refractivity contribution is 0.469. The third-order valence-electron chi connectivity index (χ3n) is 6.69. The molecule has 0 radical (unpaired) electrons. The number of phenols is 1. The fourth-order valence-corrected chi connectivity index (χ4v) is 4.99. The molecule has 0 atom stereocenters. The lowest BCUT2D eigenvalue weighted by Crippen LogP contribution is -2.23. The Balaban J connectivity index is 1.73. The maximum absolute atomic E-state index is 14.9. The largest absolute Gasteiger partial charge is 0.507 e. The first kappa shape index (κ1) is 20.3. The highest BCUT2D eigenvalue weighted by molar-refractivity contribution is 5.84. The van der Waals surface area contributed by atoms with Crippen LogP contribution in [0.2, 0.25) is 0 Å². The number of pyridine rings is 2. The minimum Gasteiger partial charge on any atom is -0.507 e. The summed E-state index contributed by atoms with van der Waals surface area (Å²) in [4.78, 5) is 9.00. The number of rotatable bonds is 4. The molecule has 1 N–H and O–H groups in total. The Hall–Kier alpha value is -3.60. The zero-order chi connectivity index (χ0) is 22.5. The Morgan fingerprint density at radius 3 is 2.25 bits per heavy atom. The van der Waals surface area contributed by atoms with Crippen molar-refractivity contribution in [3.05, 3.63) is 89.6 Å². The highest BCUT2D eigenvalue weighted by Gasteiger charge is 2.42. The van der Waals surface area contributed by atoms with Crippen LogP contribution >= 0.6 is 0 Å². The number of phenolic OH excluding ortho intramolecular Hbond substituents is 1. The van der Waals surface area contributed by atoms with Crippen LogP contribution in [0, 0.1) is 11.6 Å². The summed E-state index contributed by atoms with van der Waals surface area (Å²) in [5.74, 6) is -1.21. The maximum Gasteiger partial charge on any atom is 0.135 e. The summed E-state index contributed by atoms with van der Waals surface area (Å²) in [5, 5.41) is 10.7. The van der Waals surface area contributed by atoms with Gasteiger partial charge in [-0.1, -0.05) is 38.1 Å². The maximum atomic E-state index is 14.9. The molecule has 5 heteroatoms. The molecule has 2 aromatic heterocycles. The summed E-state index contributed by atoms with van der Waals surface area (Å²) in [6.45, 7) is 4.25. The number of hydrogen-bond donors (Lipinski definition) is 1. The molecule has 32 heavy (non-hydrogen) atoms. The van der Waals surface area contributed by atoms with Gasteiger partial charge in [0.2, 0.25) is 0 Å². The second-order valence-electron chi connectivity index (χ2n) is 8.11. The highest BCUT2D eigenvalue weighted by atomic mass is 19.1. The van der Waals surface area contributed by atoms with Gasteiger partial charge in [0.25, 0.3) is 0 Å². The molecule has 2 heterocycles. The van der Waals surface area contributed by atoms with Crippen LogP contribution in [0.4, 0.5) is 8.78 Å². The second-order valence-corrected chi connectivity index (χ2v) is 8.11. The van der Waals surface area contributed by atoms with Crippen LogP contribution in [0.5, 0.6) is 5.75 Å². The van der Waals surface area contributed by atoms with Crippen molar-refractivity contribution in [1.82, 2.24) is 9.97 Å². The van der Waals surface area contributed by atoms with Crippen molar-refractivity contribution in [2.24, 2.45) is 0 Å². The van der Waals surface area contributed by atoms with Gasteiger partial charge in [-0.2, -0.15) is 0 Å². The Morgan fingerprint density at radius 2 is 1.56 bits per heavy atom. The van der Waals surface area contributed by atoms with E-state index in [1.807, 2.05) is 18.2 Å². The van der Waals surface area contributed by atoms with E-state index >= 15 is 0 Å². The van der Waals surface area contributed by atoms with Gasteiger partial charge in [0.05, 0.1) is 17.1 Å². The van der Waals surface area contributed by atoms with Crippen molar-refractivity contribution in [3.8, 4) is 39.5 Å². The fraction of sp³-hybridized carbons (Fsp3) is 0.185. The van der Waals surface area contributed by atoms with E-state index in [1.165, 1.54) is 6.07 Å². The van der Waals surface area contributed by atoms with Crippen LogP contribution in [0.25, 0.3) is 33.8 Å². The molecule has 0 bridgehead atoms. The van der Waals surface area contributed by atoms with Gasteiger partial charge in [0.15, 0.2) is 0 Å². The number of aromatic hydroxyl groups is 1. The normalized spacial score (nSPS) is 13.6. The van der Waals surface area contributed by atoms with Crippen LogP contribution in [0.3, 0.4) is 0 Å². The summed E-state index contributed by atoms with van der Waals surface area (Å²) >= 11 is 0. The molecule has 0 fully saturated rings. The molecule has 0 unspecified atom stereocenters. The standard InChI is InChI=1S/C27H22F2N2O/c1-3-27(4-2)18-8-7-10-24(32)25(18)26-19(27)11-12-23(31-26)17-14-16(20(28)15-21(17)29)22-9-5-6-13-30-22/h5-15,32H,3-4H2,1-2H3. The summed E-state index contributed by atoms with van der Waals surface area (Å²) in [6, 6.07) is 16.8. The van der Waals surface area contributed by atoms with E-state index in [-0.39, 0.29) is 22.3 Å². The smallest absolute Gasteiger partial charge is 0.135 e. The average Bonchev–Trinajstić information content (AvgIpc) is 3.10. The number of aromatic nitrogens is 2. The van der Waals surface area contributed by atoms with Gasteiger partial charge in [-0.15, -0.1) is 0 Å². The first-order valence-corrected chi connectivity index (χ1v) is 10.7. The lowest BCUT2D eigenvalue weighted by Gasteiger charge is -2.29. The van der Waals surface area contributed by atoms with Gasteiger partial charge in [-0.05, 0) is 54.3 Å². The van der Waals surface area contributed by atoms with Crippen LogP contribution in [-0.2, 0) is 5.41 Å². The third kappa shape index (κ3) is 2.84. The van der Waals surface area contributed by atoms with Crippen molar-refractivity contribution in [3.63, 3.8) is 0 Å². The zero-order valence-corrected chi connectivity index (χ0v) is 17.9. The Labute approximate surface area is 185 Å². The van der Waals surface area contributed by atoms with Gasteiger partial charge in [0, 0.05) is 34.4 Å². The first-order chi connectivity index (χ1) is 15.5. The molecular weight excluding hydrogens is 406 g/mol. The molecule has 0 spiro atoms. The predicted molar refractivity (Wildman–Crippen MR) is 121 cm³/mol. The van der Waals surface area contributed by atoms with Gasteiger partial charge in [0.1, 0.15) is 17.4 Å². The Bertz CT molecular complexity index is 1330. The predicted octanol–water partition coefficient (Wildman–Crippen LogP) is 6.88. The number of hydrogen-bond acceptors (Lipinski definition) is 3. The minimum absolute atomic E-state index is 0.158. The second kappa shape index (κ2) is 7.52. The molecule has 4 aromatic rings. The van der Waals surface area contributed by atoms with Crippen LogP contribution in [0.15, 0.2) is 66.9 Å². The Morgan fingerprint density at radius 1 is 0.812 bits per heavy atom. The molecule has 0 saturated heterocycles. The summed E-state index contributed by atoms with van der Waals surface area (Å²) in [7, 11) is 0. The summed E-state index contributed by atoms with van der Waals surface area (Å²) in [6.07, 6.45) is 3.27. The molecule has 2 aromatic carbocycles. The van der Waals surface area contributed by atoms with E-state index in [0.29, 0.717) is 22.6 Å². The van der Waals surface area contributed by atoms with Crippen molar-refractivity contribution in [2.75, 3.05) is 0 Å². The van der Waals surface area contributed by atoms with E-state index < -0.39 is 11.6 Å². The van der Waals surface area contributed by atoms with Crippen LogP contribution < -0.4 is 0 Å². The number of halogens is 2. The van der Waals surface area contributed by atoms with E-state index in [0.717, 1.165) is 30.0 Å². The molecule has 3 nitrogen and oxygen atoms in total. The van der Waals surface area contributed by atoms with Crippen molar-refractivity contribution in [1.29, 1.82) is 0 Å². The quantitative estimate of drug-likeness (QED) is 0.385. The van der Waals surface area contributed by atoms with E-state index in [1.54, 1.807) is 36.5 Å². The molecule has 0 aliphatic heterocycles. The SMILES string of the molecule is CCC1(CC)c2ccc(-c3cc(-c4ccccn4)c(F)cc3F)nc2-c2c(O)cccc21. The van der Waals surface area contributed by atoms with Gasteiger partial charge >= 0.3 is 0 Å². The summed E-state index contributed by atoms with van der Waals surface area (Å²) in [5.41, 5.74) is 4.37. The molecule has 1 aliphatic carbocycles. The Kier molecular flexibility index (Phi) is 4.77. The minimum atomic E-state index is -0.692. The van der Waals surface area contributed by atoms with E-state index in [2.05, 4.69) is 18.8 Å². The van der Waals surface area contributed by atoms with E-state index in [9.17, 15) is 13.9 Å². The molecule has 1 aliphatic rings. The topological polar surface area (TPSA) is 46.0 Å². The van der Waals surface area contributed by atoms with Gasteiger partial charge < -0.3 is 5.11 Å². The first-order valence-electron chi connectivity index (χ1n) is 10.7. The summed E-state index contributed by atoms with van der Waals surface area (Å²) < 4.78 is 29.5. The monoisotopic (exact) mass is 428 g/mol. The van der Waals surface area contributed by atoms with E-state index in [4.69, 9.17) is 4.98 Å². The van der Waals surface area contributed by atoms with Crippen molar-refractivity contribution in [2.45, 2.75) is 32.1 Å². The average molecular weight is 428 g/mol. The molecular formula is C27H22F2N2O. The lowest BCUT2D eigenvalue weighted by atomic mass is 9.74. The number of nitrogens with zero attached hydrogens (tertiary/aromatic N) is 2. The highest BCUT2D eigenvalue weighted by Crippen LogP contribution is 2.54. The van der Waals surface area contributed by atoms with Gasteiger partial charge in [-0.25, -0.2) is 13.8 Å². The van der Waals surface area contributed by atoms with Crippen LogP contribution in [0.1, 0.15) is 37.8 Å².